The Bertz CT molecular complexity index is 3800. The molecule has 0 aliphatic rings. The van der Waals surface area contributed by atoms with E-state index in [4.69, 9.17) is 0 Å². The second-order valence-corrected chi connectivity index (χ2v) is 27.9. The normalized spacial score (nSPS) is 12.6. The lowest BCUT2D eigenvalue weighted by atomic mass is 9.79. The van der Waals surface area contributed by atoms with Gasteiger partial charge in [-0.05, 0) is 194 Å². The Morgan fingerprint density at radius 3 is 0.765 bits per heavy atom. The number of benzene rings is 10. The Hall–Kier alpha value is -8.00. The van der Waals surface area contributed by atoms with Gasteiger partial charge in [-0.25, -0.2) is 0 Å². The average molecular weight is 1060 g/mol. The molecule has 10 aromatic carbocycles. The highest BCUT2D eigenvalue weighted by Crippen LogP contribution is 2.46. The van der Waals surface area contributed by atoms with Crippen LogP contribution in [0.15, 0.2) is 218 Å². The van der Waals surface area contributed by atoms with Crippen LogP contribution in [-0.2, 0) is 27.1 Å². The topological polar surface area (TPSA) is 4.93 Å². The smallest absolute Gasteiger partial charge is 0.0541 e. The van der Waals surface area contributed by atoms with Gasteiger partial charge >= 0.3 is 0 Å². The molecule has 11 aromatic rings. The molecular weight excluding hydrogens is 975 g/mol. The van der Waals surface area contributed by atoms with Crippen molar-refractivity contribution in [2.24, 2.45) is 0 Å². The zero-order chi connectivity index (χ0) is 57.4. The van der Waals surface area contributed by atoms with Crippen LogP contribution in [0.1, 0.15) is 132 Å². The molecule has 0 fully saturated rings. The van der Waals surface area contributed by atoms with Crippen LogP contribution in [0.2, 0.25) is 0 Å². The minimum Gasteiger partial charge on any atom is -0.309 e. The Balaban J connectivity index is 1.21. The number of nitrogens with zero attached hydrogens (tertiary/aromatic N) is 1. The summed E-state index contributed by atoms with van der Waals surface area (Å²) in [5, 5.41) is 2.43. The van der Waals surface area contributed by atoms with Crippen molar-refractivity contribution < 1.29 is 0 Å². The van der Waals surface area contributed by atoms with Gasteiger partial charge in [0.1, 0.15) is 0 Å². The molecule has 11 rings (SSSR count). The van der Waals surface area contributed by atoms with Gasteiger partial charge in [-0.15, -0.1) is 0 Å². The first-order chi connectivity index (χ1) is 38.3. The van der Waals surface area contributed by atoms with Crippen LogP contribution < -0.4 is 0 Å². The molecule has 1 heterocycles. The Morgan fingerprint density at radius 1 is 0.210 bits per heavy atom. The van der Waals surface area contributed by atoms with Crippen LogP contribution in [0, 0.1) is 0 Å². The fraction of sp³-hybridized carbons (Fsp3) is 0.250. The van der Waals surface area contributed by atoms with Gasteiger partial charge in [0, 0.05) is 16.3 Å². The van der Waals surface area contributed by atoms with Crippen molar-refractivity contribution in [3.63, 3.8) is 0 Å². The fourth-order valence-corrected chi connectivity index (χ4v) is 12.7. The van der Waals surface area contributed by atoms with Gasteiger partial charge in [-0.2, -0.15) is 0 Å². The number of hydrogen-bond donors (Lipinski definition) is 0. The molecule has 0 spiro atoms. The van der Waals surface area contributed by atoms with Crippen LogP contribution in [0.5, 0.6) is 0 Å². The summed E-state index contributed by atoms with van der Waals surface area (Å²) in [6.07, 6.45) is 0. The predicted molar refractivity (Wildman–Crippen MR) is 352 cm³/mol. The van der Waals surface area contributed by atoms with Gasteiger partial charge < -0.3 is 4.57 Å². The van der Waals surface area contributed by atoms with Gasteiger partial charge in [0.15, 0.2) is 0 Å². The van der Waals surface area contributed by atoms with Gasteiger partial charge in [0.05, 0.1) is 16.7 Å². The van der Waals surface area contributed by atoms with Crippen molar-refractivity contribution in [2.75, 3.05) is 0 Å². The van der Waals surface area contributed by atoms with Crippen LogP contribution in [0.4, 0.5) is 0 Å². The highest BCUT2D eigenvalue weighted by Gasteiger charge is 2.27. The van der Waals surface area contributed by atoms with E-state index in [1.807, 2.05) is 0 Å². The van der Waals surface area contributed by atoms with E-state index in [0.29, 0.717) is 0 Å². The van der Waals surface area contributed by atoms with Gasteiger partial charge in [-0.1, -0.05) is 256 Å². The fourth-order valence-electron chi connectivity index (χ4n) is 12.7. The zero-order valence-electron chi connectivity index (χ0n) is 50.7. The van der Waals surface area contributed by atoms with Gasteiger partial charge in [0.2, 0.25) is 0 Å². The molecule has 0 aliphatic carbocycles. The number of rotatable bonds is 8. The third kappa shape index (κ3) is 10.7. The maximum absolute atomic E-state index is 2.54. The zero-order valence-corrected chi connectivity index (χ0v) is 50.7. The molecule has 0 saturated heterocycles. The maximum Gasteiger partial charge on any atom is 0.0541 e. The monoisotopic (exact) mass is 1060 g/mol. The Kier molecular flexibility index (Phi) is 13.9. The lowest BCUT2D eigenvalue weighted by Crippen LogP contribution is -2.13. The summed E-state index contributed by atoms with van der Waals surface area (Å²) < 4.78 is 2.54. The van der Waals surface area contributed by atoms with Crippen LogP contribution >= 0.6 is 0 Å². The molecule has 1 nitrogen and oxygen atoms in total. The minimum atomic E-state index is -0.0588. The summed E-state index contributed by atoms with van der Waals surface area (Å²) in [5.41, 5.74) is 27.2. The van der Waals surface area contributed by atoms with E-state index in [1.54, 1.807) is 0 Å². The van der Waals surface area contributed by atoms with E-state index >= 15 is 0 Å². The third-order valence-corrected chi connectivity index (χ3v) is 16.7. The summed E-state index contributed by atoms with van der Waals surface area (Å²) >= 11 is 0. The summed E-state index contributed by atoms with van der Waals surface area (Å²) in [5.74, 6) is 0. The quantitative estimate of drug-likeness (QED) is 0.143. The molecule has 1 aromatic heterocycles. The molecule has 0 radical (unpaired) electrons. The van der Waals surface area contributed by atoms with E-state index in [9.17, 15) is 0 Å². The maximum atomic E-state index is 2.54. The van der Waals surface area contributed by atoms with Gasteiger partial charge in [-0.3, -0.25) is 0 Å². The highest BCUT2D eigenvalue weighted by molar-refractivity contribution is 6.12. The Morgan fingerprint density at radius 2 is 0.457 bits per heavy atom. The van der Waals surface area contributed by atoms with Gasteiger partial charge in [0.25, 0.3) is 0 Å². The molecule has 0 aliphatic heterocycles. The number of fused-ring (bicyclic) bond motifs is 3. The van der Waals surface area contributed by atoms with E-state index < -0.39 is 0 Å². The number of para-hydroxylation sites is 1. The summed E-state index contributed by atoms with van der Waals surface area (Å²) in [6.45, 7) is 34.9. The Labute approximate surface area is 484 Å². The molecule has 0 amide bonds. The first-order valence-electron chi connectivity index (χ1n) is 29.3. The van der Waals surface area contributed by atoms with E-state index in [-0.39, 0.29) is 27.1 Å². The van der Waals surface area contributed by atoms with Crippen LogP contribution in [0.3, 0.4) is 0 Å². The molecule has 81 heavy (non-hydrogen) atoms. The molecule has 0 bridgehead atoms. The van der Waals surface area contributed by atoms with Crippen LogP contribution in [-0.4, -0.2) is 4.57 Å². The molecule has 0 unspecified atom stereocenters. The molecular formula is C80H81N. The second kappa shape index (κ2) is 20.5. The summed E-state index contributed by atoms with van der Waals surface area (Å²) in [6, 6.07) is 83.2. The standard InChI is InChI=1S/C80H81N/c1-76(2,3)68-34-22-16-28-60(68)56-44-54(45-57(48-56)61-29-17-23-35-69(61)77(4,5)6)52-40-42-74-66(50-52)67-51-53(41-43-75(67)81(74)73-39-27-21-33-65(73)64-32-20-26-38-72(64)80(13,14)15)55-46-58(62-30-18-24-36-70(62)78(7,8)9)49-59(47-55)63-31-19-25-37-71(63)79(10,11)12/h16-51H,1-15H3. The molecule has 1 heteroatoms. The number of aromatic nitrogens is 1. The van der Waals surface area contributed by atoms with E-state index in [0.717, 1.165) is 0 Å². The first kappa shape index (κ1) is 54.9. The highest BCUT2D eigenvalue weighted by atomic mass is 15.0. The molecule has 0 N–H and O–H groups in total. The van der Waals surface area contributed by atoms with Crippen molar-refractivity contribution in [3.8, 4) is 83.6 Å². The van der Waals surface area contributed by atoms with Crippen molar-refractivity contribution in [1.29, 1.82) is 0 Å². The van der Waals surface area contributed by atoms with Crippen molar-refractivity contribution in [2.45, 2.75) is 131 Å². The molecule has 0 atom stereocenters. The first-order valence-corrected chi connectivity index (χ1v) is 29.3. The van der Waals surface area contributed by atoms with Crippen molar-refractivity contribution in [3.05, 3.63) is 246 Å². The SMILES string of the molecule is CC(C)(C)c1ccccc1-c1cc(-c2ccc3c(c2)c2cc(-c4cc(-c5ccccc5C(C)(C)C)cc(-c5ccccc5C(C)(C)C)c4)ccc2n3-c2ccccc2-c2ccccc2C(C)(C)C)cc(-c2ccccc2C(C)(C)C)c1. The third-order valence-electron chi connectivity index (χ3n) is 16.7. The lowest BCUT2D eigenvalue weighted by molar-refractivity contribution is 0.591. The second-order valence-electron chi connectivity index (χ2n) is 27.9. The van der Waals surface area contributed by atoms with E-state index in [2.05, 4.69) is 327 Å². The predicted octanol–water partition coefficient (Wildman–Crippen LogP) is 22.9. The van der Waals surface area contributed by atoms with Crippen LogP contribution in [0.25, 0.3) is 105 Å². The van der Waals surface area contributed by atoms with E-state index in [1.165, 1.54) is 133 Å². The van der Waals surface area contributed by atoms with Crippen molar-refractivity contribution >= 4 is 21.8 Å². The molecule has 406 valence electrons. The summed E-state index contributed by atoms with van der Waals surface area (Å²) in [7, 11) is 0. The lowest BCUT2D eigenvalue weighted by Gasteiger charge is -2.25. The number of hydrogen-bond acceptors (Lipinski definition) is 0. The largest absolute Gasteiger partial charge is 0.309 e. The van der Waals surface area contributed by atoms with Crippen molar-refractivity contribution in [1.82, 2.24) is 4.57 Å². The molecule has 0 saturated carbocycles. The average Bonchev–Trinajstić information content (AvgIpc) is 3.96. The summed E-state index contributed by atoms with van der Waals surface area (Å²) in [4.78, 5) is 0. The minimum absolute atomic E-state index is 0.0511.